The van der Waals surface area contributed by atoms with Gasteiger partial charge in [0.05, 0.1) is 16.8 Å². The molecule has 0 amide bonds. The summed E-state index contributed by atoms with van der Waals surface area (Å²) in [7, 11) is 0. The van der Waals surface area contributed by atoms with E-state index in [1.54, 1.807) is 11.3 Å². The molecule has 0 radical (unpaired) electrons. The maximum absolute atomic E-state index is 5.43. The molecule has 2 aromatic carbocycles. The Morgan fingerprint density at radius 3 is 2.65 bits per heavy atom. The maximum Gasteiger partial charge on any atom is 0.188 e. The molecule has 102 valence electrons. The average molecular weight is 284 g/mol. The van der Waals surface area contributed by atoms with Gasteiger partial charge >= 0.3 is 0 Å². The van der Waals surface area contributed by atoms with Gasteiger partial charge in [0, 0.05) is 5.69 Å². The Hall–Kier alpha value is -2.07. The number of anilines is 2. The van der Waals surface area contributed by atoms with Crippen LogP contribution in [0, 0.1) is 6.92 Å². The number of aromatic nitrogens is 1. The standard InChI is InChI=1S/C16H16N2OS/c1-3-19-13-9-7-12(8-10-13)17-16-18-15-11(2)5-4-6-14(15)20-16/h4-10H,3H2,1-2H3,(H,17,18). The lowest BCUT2D eigenvalue weighted by Crippen LogP contribution is -1.92. The highest BCUT2D eigenvalue weighted by molar-refractivity contribution is 7.22. The van der Waals surface area contributed by atoms with Crippen LogP contribution in [0.2, 0.25) is 0 Å². The van der Waals surface area contributed by atoms with Crippen LogP contribution < -0.4 is 10.1 Å². The summed E-state index contributed by atoms with van der Waals surface area (Å²) in [5, 5.41) is 4.26. The van der Waals surface area contributed by atoms with Gasteiger partial charge in [-0.2, -0.15) is 0 Å². The van der Waals surface area contributed by atoms with Gasteiger partial charge in [-0.3, -0.25) is 0 Å². The highest BCUT2D eigenvalue weighted by atomic mass is 32.1. The minimum atomic E-state index is 0.684. The monoisotopic (exact) mass is 284 g/mol. The number of fused-ring (bicyclic) bond motifs is 1. The minimum Gasteiger partial charge on any atom is -0.494 e. The number of ether oxygens (including phenoxy) is 1. The zero-order valence-electron chi connectivity index (χ0n) is 11.5. The summed E-state index contributed by atoms with van der Waals surface area (Å²) < 4.78 is 6.64. The number of hydrogen-bond donors (Lipinski definition) is 1. The topological polar surface area (TPSA) is 34.1 Å². The number of thiazole rings is 1. The summed E-state index contributed by atoms with van der Waals surface area (Å²) in [6.07, 6.45) is 0. The summed E-state index contributed by atoms with van der Waals surface area (Å²) in [6, 6.07) is 14.2. The molecule has 3 rings (SSSR count). The minimum absolute atomic E-state index is 0.684. The van der Waals surface area contributed by atoms with Gasteiger partial charge in [-0.15, -0.1) is 0 Å². The predicted octanol–water partition coefficient (Wildman–Crippen LogP) is 4.75. The van der Waals surface area contributed by atoms with Crippen molar-refractivity contribution in [2.24, 2.45) is 0 Å². The van der Waals surface area contributed by atoms with Crippen molar-refractivity contribution >= 4 is 32.4 Å². The first-order chi connectivity index (χ1) is 9.76. The molecule has 0 spiro atoms. The van der Waals surface area contributed by atoms with Crippen LogP contribution in [-0.4, -0.2) is 11.6 Å². The fraction of sp³-hybridized carbons (Fsp3) is 0.188. The molecule has 0 aliphatic carbocycles. The Balaban J connectivity index is 1.83. The van der Waals surface area contributed by atoms with Crippen molar-refractivity contribution in [2.75, 3.05) is 11.9 Å². The number of para-hydroxylation sites is 1. The Kier molecular flexibility index (Phi) is 3.56. The third-order valence-electron chi connectivity index (χ3n) is 3.04. The van der Waals surface area contributed by atoms with Crippen molar-refractivity contribution < 1.29 is 4.74 Å². The lowest BCUT2D eigenvalue weighted by atomic mass is 10.2. The molecule has 20 heavy (non-hydrogen) atoms. The molecule has 3 nitrogen and oxygen atoms in total. The van der Waals surface area contributed by atoms with E-state index in [2.05, 4.69) is 35.4 Å². The van der Waals surface area contributed by atoms with Gasteiger partial charge in [-0.25, -0.2) is 4.98 Å². The number of benzene rings is 2. The fourth-order valence-corrected chi connectivity index (χ4v) is 3.03. The van der Waals surface area contributed by atoms with E-state index in [9.17, 15) is 0 Å². The lowest BCUT2D eigenvalue weighted by Gasteiger charge is -2.05. The average Bonchev–Trinajstić information content (AvgIpc) is 2.85. The second-order valence-corrected chi connectivity index (χ2v) is 5.55. The zero-order chi connectivity index (χ0) is 13.9. The van der Waals surface area contributed by atoms with E-state index in [4.69, 9.17) is 4.74 Å². The first-order valence-electron chi connectivity index (χ1n) is 6.62. The molecule has 4 heteroatoms. The van der Waals surface area contributed by atoms with E-state index in [0.717, 1.165) is 22.1 Å². The van der Waals surface area contributed by atoms with Crippen LogP contribution in [0.25, 0.3) is 10.2 Å². The molecule has 0 bridgehead atoms. The van der Waals surface area contributed by atoms with Crippen molar-refractivity contribution in [3.05, 3.63) is 48.0 Å². The highest BCUT2D eigenvalue weighted by Crippen LogP contribution is 2.30. The van der Waals surface area contributed by atoms with Crippen LogP contribution in [0.15, 0.2) is 42.5 Å². The van der Waals surface area contributed by atoms with Crippen LogP contribution in [0.4, 0.5) is 10.8 Å². The number of hydrogen-bond acceptors (Lipinski definition) is 4. The van der Waals surface area contributed by atoms with Crippen molar-refractivity contribution in [3.63, 3.8) is 0 Å². The summed E-state index contributed by atoms with van der Waals surface area (Å²) in [6.45, 7) is 4.75. The molecule has 0 unspecified atom stereocenters. The fourth-order valence-electron chi connectivity index (χ4n) is 2.06. The number of rotatable bonds is 4. The zero-order valence-corrected chi connectivity index (χ0v) is 12.3. The molecule has 0 atom stereocenters. The smallest absolute Gasteiger partial charge is 0.188 e. The maximum atomic E-state index is 5.43. The largest absolute Gasteiger partial charge is 0.494 e. The second-order valence-electron chi connectivity index (χ2n) is 4.52. The van der Waals surface area contributed by atoms with Crippen LogP contribution in [0.1, 0.15) is 12.5 Å². The first-order valence-corrected chi connectivity index (χ1v) is 7.44. The van der Waals surface area contributed by atoms with Gasteiger partial charge in [0.25, 0.3) is 0 Å². The molecular formula is C16H16N2OS. The second kappa shape index (κ2) is 5.51. The molecule has 3 aromatic rings. The Morgan fingerprint density at radius 1 is 1.15 bits per heavy atom. The molecule has 0 aliphatic rings. The van der Waals surface area contributed by atoms with Crippen LogP contribution in [0.3, 0.4) is 0 Å². The predicted molar refractivity (Wildman–Crippen MR) is 85.3 cm³/mol. The Bertz CT molecular complexity index is 719. The Morgan fingerprint density at radius 2 is 1.95 bits per heavy atom. The van der Waals surface area contributed by atoms with Crippen molar-refractivity contribution in [2.45, 2.75) is 13.8 Å². The van der Waals surface area contributed by atoms with Crippen LogP contribution in [-0.2, 0) is 0 Å². The van der Waals surface area contributed by atoms with Crippen LogP contribution >= 0.6 is 11.3 Å². The van der Waals surface area contributed by atoms with Gasteiger partial charge < -0.3 is 10.1 Å². The Labute approximate surface area is 122 Å². The number of nitrogens with one attached hydrogen (secondary N) is 1. The third kappa shape index (κ3) is 2.60. The molecule has 1 heterocycles. The van der Waals surface area contributed by atoms with Gasteiger partial charge in [0.1, 0.15) is 5.75 Å². The molecular weight excluding hydrogens is 268 g/mol. The van der Waals surface area contributed by atoms with E-state index >= 15 is 0 Å². The van der Waals surface area contributed by atoms with Crippen LogP contribution in [0.5, 0.6) is 5.75 Å². The molecule has 0 aliphatic heterocycles. The quantitative estimate of drug-likeness (QED) is 0.751. The molecule has 0 fully saturated rings. The van der Waals surface area contributed by atoms with Gasteiger partial charge in [0.15, 0.2) is 5.13 Å². The normalized spacial score (nSPS) is 10.7. The van der Waals surface area contributed by atoms with Crippen molar-refractivity contribution in [1.82, 2.24) is 4.98 Å². The van der Waals surface area contributed by atoms with Gasteiger partial charge in [-0.1, -0.05) is 23.5 Å². The van der Waals surface area contributed by atoms with E-state index in [1.807, 2.05) is 31.2 Å². The van der Waals surface area contributed by atoms with E-state index in [1.165, 1.54) is 10.3 Å². The first kappa shape index (κ1) is 12.9. The van der Waals surface area contributed by atoms with E-state index < -0.39 is 0 Å². The third-order valence-corrected chi connectivity index (χ3v) is 3.97. The molecule has 0 saturated heterocycles. The van der Waals surface area contributed by atoms with Crippen molar-refractivity contribution in [1.29, 1.82) is 0 Å². The van der Waals surface area contributed by atoms with E-state index in [-0.39, 0.29) is 0 Å². The summed E-state index contributed by atoms with van der Waals surface area (Å²) in [5.74, 6) is 0.887. The number of aryl methyl sites for hydroxylation is 1. The molecule has 0 saturated carbocycles. The summed E-state index contributed by atoms with van der Waals surface area (Å²) in [4.78, 5) is 4.64. The van der Waals surface area contributed by atoms with Gasteiger partial charge in [0.2, 0.25) is 0 Å². The SMILES string of the molecule is CCOc1ccc(Nc2nc3c(C)cccc3s2)cc1. The highest BCUT2D eigenvalue weighted by Gasteiger charge is 2.05. The van der Waals surface area contributed by atoms with Gasteiger partial charge in [-0.05, 0) is 49.7 Å². The molecule has 1 N–H and O–H groups in total. The molecule has 1 aromatic heterocycles. The van der Waals surface area contributed by atoms with Crippen molar-refractivity contribution in [3.8, 4) is 5.75 Å². The summed E-state index contributed by atoms with van der Waals surface area (Å²) in [5.41, 5.74) is 3.30. The summed E-state index contributed by atoms with van der Waals surface area (Å²) >= 11 is 1.67. The lowest BCUT2D eigenvalue weighted by molar-refractivity contribution is 0.340. The number of nitrogens with zero attached hydrogens (tertiary/aromatic N) is 1. The van der Waals surface area contributed by atoms with E-state index in [0.29, 0.717) is 6.61 Å².